The van der Waals surface area contributed by atoms with Crippen LogP contribution in [0.15, 0.2) is 54.3 Å². The van der Waals surface area contributed by atoms with E-state index in [1.807, 2.05) is 36.4 Å². The number of benzene rings is 2. The number of nitrogens with one attached hydrogen (secondary N) is 1. The molecule has 162 valence electrons. The van der Waals surface area contributed by atoms with Gasteiger partial charge in [-0.05, 0) is 67.5 Å². The highest BCUT2D eigenvalue weighted by molar-refractivity contribution is 6.12. The van der Waals surface area contributed by atoms with Gasteiger partial charge >= 0.3 is 0 Å². The minimum absolute atomic E-state index is 0.0365. The average Bonchev–Trinajstić information content (AvgIpc) is 2.78. The topological polar surface area (TPSA) is 67.9 Å². The Kier molecular flexibility index (Phi) is 6.26. The molecule has 6 nitrogen and oxygen atoms in total. The zero-order valence-corrected chi connectivity index (χ0v) is 18.0. The van der Waals surface area contributed by atoms with Crippen LogP contribution < -0.4 is 19.7 Å². The Balaban J connectivity index is 1.53. The summed E-state index contributed by atoms with van der Waals surface area (Å²) < 4.78 is 11.1. The second kappa shape index (κ2) is 9.25. The van der Waals surface area contributed by atoms with Gasteiger partial charge in [-0.2, -0.15) is 0 Å². The van der Waals surface area contributed by atoms with E-state index in [1.54, 1.807) is 25.3 Å². The number of anilines is 1. The van der Waals surface area contributed by atoms with E-state index in [9.17, 15) is 9.59 Å². The molecule has 1 heterocycles. The molecule has 0 unspecified atom stereocenters. The molecule has 6 heteroatoms. The number of hydrogen-bond acceptors (Lipinski definition) is 4. The van der Waals surface area contributed by atoms with Crippen molar-refractivity contribution in [3.8, 4) is 11.5 Å². The summed E-state index contributed by atoms with van der Waals surface area (Å²) in [5, 5.41) is 3.11. The molecule has 1 aliphatic heterocycles. The van der Waals surface area contributed by atoms with Gasteiger partial charge in [0.15, 0.2) is 11.5 Å². The van der Waals surface area contributed by atoms with Gasteiger partial charge in [-0.3, -0.25) is 14.5 Å². The van der Waals surface area contributed by atoms with Gasteiger partial charge in [0.1, 0.15) is 12.3 Å². The van der Waals surface area contributed by atoms with Gasteiger partial charge in [-0.1, -0.05) is 31.2 Å². The quantitative estimate of drug-likeness (QED) is 0.738. The molecule has 2 aromatic rings. The van der Waals surface area contributed by atoms with Crippen LogP contribution >= 0.6 is 0 Å². The largest absolute Gasteiger partial charge is 0.497 e. The lowest BCUT2D eigenvalue weighted by Crippen LogP contribution is -2.47. The zero-order chi connectivity index (χ0) is 21.8. The van der Waals surface area contributed by atoms with Crippen LogP contribution in [0.1, 0.15) is 38.2 Å². The van der Waals surface area contributed by atoms with Crippen LogP contribution in [0.25, 0.3) is 6.08 Å². The maximum Gasteiger partial charge on any atom is 0.294 e. The molecule has 0 spiro atoms. The summed E-state index contributed by atoms with van der Waals surface area (Å²) in [5.74, 6) is 1.71. The van der Waals surface area contributed by atoms with E-state index < -0.39 is 0 Å². The molecule has 0 saturated heterocycles. The molecule has 31 heavy (non-hydrogen) atoms. The summed E-state index contributed by atoms with van der Waals surface area (Å²) in [4.78, 5) is 27.5. The Labute approximate surface area is 182 Å². The molecule has 0 bridgehead atoms. The van der Waals surface area contributed by atoms with Crippen LogP contribution in [0, 0.1) is 5.92 Å². The third kappa shape index (κ3) is 4.90. The molecule has 2 amide bonds. The van der Waals surface area contributed by atoms with Crippen molar-refractivity contribution in [1.29, 1.82) is 0 Å². The summed E-state index contributed by atoms with van der Waals surface area (Å²) in [5.41, 5.74) is 1.41. The lowest BCUT2D eigenvalue weighted by molar-refractivity contribution is -0.124. The maximum atomic E-state index is 13.2. The number of fused-ring (bicyclic) bond motifs is 1. The summed E-state index contributed by atoms with van der Waals surface area (Å²) in [7, 11) is 1.61. The van der Waals surface area contributed by atoms with Gasteiger partial charge in [0, 0.05) is 6.04 Å². The van der Waals surface area contributed by atoms with Gasteiger partial charge in [-0.15, -0.1) is 0 Å². The standard InChI is InChI=1S/C25H28N2O4/c1-17-7-11-19(12-8-17)26-24(28)16-27-21-5-3-4-6-22(21)31-23(25(27)29)15-18-9-13-20(30-2)14-10-18/h3-6,9-10,13-15,17,19H,7-8,11-12,16H2,1-2H3,(H,26,28). The Bertz CT molecular complexity index is 975. The Hall–Kier alpha value is -3.28. The van der Waals surface area contributed by atoms with Crippen molar-refractivity contribution in [3.05, 3.63) is 59.9 Å². The van der Waals surface area contributed by atoms with E-state index in [1.165, 1.54) is 4.90 Å². The van der Waals surface area contributed by atoms with Crippen molar-refractivity contribution in [2.45, 2.75) is 38.6 Å². The second-order valence-electron chi connectivity index (χ2n) is 8.27. The van der Waals surface area contributed by atoms with Crippen molar-refractivity contribution >= 4 is 23.6 Å². The third-order valence-corrected chi connectivity index (χ3v) is 5.93. The fourth-order valence-electron chi connectivity index (χ4n) is 4.09. The smallest absolute Gasteiger partial charge is 0.294 e. The fraction of sp³-hybridized carbons (Fsp3) is 0.360. The Morgan fingerprint density at radius 2 is 1.84 bits per heavy atom. The lowest BCUT2D eigenvalue weighted by Gasteiger charge is -2.31. The summed E-state index contributed by atoms with van der Waals surface area (Å²) in [6.07, 6.45) is 5.91. The first-order chi connectivity index (χ1) is 15.0. The van der Waals surface area contributed by atoms with Gasteiger partial charge in [-0.25, -0.2) is 0 Å². The van der Waals surface area contributed by atoms with Crippen LogP contribution in [-0.4, -0.2) is 31.5 Å². The van der Waals surface area contributed by atoms with Crippen LogP contribution in [-0.2, 0) is 9.59 Å². The molecule has 2 aromatic carbocycles. The molecule has 1 aliphatic carbocycles. The van der Waals surface area contributed by atoms with Gasteiger partial charge < -0.3 is 14.8 Å². The zero-order valence-electron chi connectivity index (χ0n) is 18.0. The number of para-hydroxylation sites is 2. The van der Waals surface area contributed by atoms with Crippen LogP contribution in [0.4, 0.5) is 5.69 Å². The monoisotopic (exact) mass is 420 g/mol. The van der Waals surface area contributed by atoms with Crippen molar-refractivity contribution in [1.82, 2.24) is 5.32 Å². The summed E-state index contributed by atoms with van der Waals surface area (Å²) in [6, 6.07) is 14.8. The first kappa shape index (κ1) is 21.0. The van der Waals surface area contributed by atoms with Crippen LogP contribution in [0.2, 0.25) is 0 Å². The molecule has 4 rings (SSSR count). The van der Waals surface area contributed by atoms with Gasteiger partial charge in [0.05, 0.1) is 12.8 Å². The molecular weight excluding hydrogens is 392 g/mol. The number of carbonyl (C=O) groups excluding carboxylic acids is 2. The molecular formula is C25H28N2O4. The second-order valence-corrected chi connectivity index (χ2v) is 8.27. The normalized spacial score (nSPS) is 21.9. The fourth-order valence-corrected chi connectivity index (χ4v) is 4.09. The molecule has 0 aromatic heterocycles. The first-order valence-corrected chi connectivity index (χ1v) is 10.8. The Morgan fingerprint density at radius 3 is 2.55 bits per heavy atom. The number of amides is 2. The highest BCUT2D eigenvalue weighted by Crippen LogP contribution is 2.35. The minimum Gasteiger partial charge on any atom is -0.497 e. The number of carbonyl (C=O) groups is 2. The van der Waals surface area contributed by atoms with Gasteiger partial charge in [0.2, 0.25) is 5.91 Å². The van der Waals surface area contributed by atoms with Crippen LogP contribution in [0.5, 0.6) is 11.5 Å². The summed E-state index contributed by atoms with van der Waals surface area (Å²) >= 11 is 0. The van der Waals surface area contributed by atoms with E-state index in [-0.39, 0.29) is 30.2 Å². The molecule has 1 N–H and O–H groups in total. The molecule has 1 fully saturated rings. The predicted octanol–water partition coefficient (Wildman–Crippen LogP) is 4.16. The van der Waals surface area contributed by atoms with Crippen molar-refractivity contribution in [3.63, 3.8) is 0 Å². The first-order valence-electron chi connectivity index (χ1n) is 10.8. The number of methoxy groups -OCH3 is 1. The number of hydrogen-bond donors (Lipinski definition) is 1. The molecule has 1 saturated carbocycles. The van der Waals surface area contributed by atoms with Gasteiger partial charge in [0.25, 0.3) is 5.91 Å². The third-order valence-electron chi connectivity index (χ3n) is 5.93. The van der Waals surface area contributed by atoms with E-state index >= 15 is 0 Å². The van der Waals surface area contributed by atoms with E-state index in [4.69, 9.17) is 9.47 Å². The van der Waals surface area contributed by atoms with Crippen molar-refractivity contribution in [2.75, 3.05) is 18.6 Å². The van der Waals surface area contributed by atoms with Crippen LogP contribution in [0.3, 0.4) is 0 Å². The van der Waals surface area contributed by atoms with E-state index in [0.29, 0.717) is 17.4 Å². The maximum absolute atomic E-state index is 13.2. The lowest BCUT2D eigenvalue weighted by atomic mass is 9.87. The highest BCUT2D eigenvalue weighted by Gasteiger charge is 2.32. The average molecular weight is 421 g/mol. The minimum atomic E-state index is -0.332. The SMILES string of the molecule is COc1ccc(C=C2Oc3ccccc3N(CC(=O)NC3CCC(C)CC3)C2=O)cc1. The Morgan fingerprint density at radius 1 is 1.13 bits per heavy atom. The van der Waals surface area contributed by atoms with E-state index in [0.717, 1.165) is 37.0 Å². The predicted molar refractivity (Wildman–Crippen MR) is 120 cm³/mol. The molecule has 2 aliphatic rings. The number of ether oxygens (including phenoxy) is 2. The van der Waals surface area contributed by atoms with Crippen molar-refractivity contribution in [2.24, 2.45) is 5.92 Å². The summed E-state index contributed by atoms with van der Waals surface area (Å²) in [6.45, 7) is 2.21. The number of rotatable bonds is 5. The molecule has 0 radical (unpaired) electrons. The highest BCUT2D eigenvalue weighted by atomic mass is 16.5. The molecule has 0 atom stereocenters. The van der Waals surface area contributed by atoms with E-state index in [2.05, 4.69) is 12.2 Å². The number of nitrogens with zero attached hydrogens (tertiary/aromatic N) is 1. The van der Waals surface area contributed by atoms with Crippen molar-refractivity contribution < 1.29 is 19.1 Å².